The van der Waals surface area contributed by atoms with E-state index in [0.29, 0.717) is 22.9 Å². The Hall–Kier alpha value is -2.24. The van der Waals surface area contributed by atoms with E-state index in [1.165, 1.54) is 0 Å². The highest BCUT2D eigenvalue weighted by atomic mass is 35.5. The number of hydrogen-bond acceptors (Lipinski definition) is 2. The molecule has 0 aliphatic heterocycles. The Labute approximate surface area is 117 Å². The Bertz CT molecular complexity index is 614. The van der Waals surface area contributed by atoms with Gasteiger partial charge in [-0.05, 0) is 23.8 Å². The van der Waals surface area contributed by atoms with Crippen molar-refractivity contribution in [1.82, 2.24) is 0 Å². The Morgan fingerprint density at radius 3 is 2.63 bits per heavy atom. The highest BCUT2D eigenvalue weighted by Crippen LogP contribution is 2.21. The molecule has 3 heteroatoms. The van der Waals surface area contributed by atoms with Crippen LogP contribution in [0, 0.1) is 11.3 Å². The van der Waals surface area contributed by atoms with Gasteiger partial charge in [-0.3, -0.25) is 0 Å². The second kappa shape index (κ2) is 6.63. The lowest BCUT2D eigenvalue weighted by atomic mass is 10.2. The maximum absolute atomic E-state index is 8.76. The van der Waals surface area contributed by atoms with Crippen molar-refractivity contribution in [2.24, 2.45) is 0 Å². The molecule has 0 atom stereocenters. The maximum atomic E-state index is 8.76. The van der Waals surface area contributed by atoms with Gasteiger partial charge in [0.15, 0.2) is 0 Å². The van der Waals surface area contributed by atoms with Crippen LogP contribution in [0.2, 0.25) is 5.02 Å². The molecule has 0 bridgehead atoms. The smallest absolute Gasteiger partial charge is 0.121 e. The molecule has 0 heterocycles. The van der Waals surface area contributed by atoms with Gasteiger partial charge >= 0.3 is 0 Å². The van der Waals surface area contributed by atoms with Crippen LogP contribution in [0.1, 0.15) is 11.1 Å². The van der Waals surface area contributed by atoms with E-state index >= 15 is 0 Å². The fourth-order valence-electron chi connectivity index (χ4n) is 1.57. The Morgan fingerprint density at radius 2 is 1.95 bits per heavy atom. The van der Waals surface area contributed by atoms with E-state index in [1.807, 2.05) is 48.6 Å². The molecule has 19 heavy (non-hydrogen) atoms. The molecular weight excluding hydrogens is 258 g/mol. The van der Waals surface area contributed by atoms with Crippen molar-refractivity contribution in [3.63, 3.8) is 0 Å². The number of nitriles is 1. The molecule has 0 N–H and O–H groups in total. The van der Waals surface area contributed by atoms with Gasteiger partial charge in [-0.1, -0.05) is 48.0 Å². The number of halogens is 1. The van der Waals surface area contributed by atoms with Crippen LogP contribution in [-0.2, 0) is 0 Å². The van der Waals surface area contributed by atoms with Crippen LogP contribution in [0.15, 0.2) is 54.6 Å². The molecule has 0 radical (unpaired) electrons. The fraction of sp³-hybridized carbons (Fsp3) is 0.0625. The third kappa shape index (κ3) is 3.87. The summed E-state index contributed by atoms with van der Waals surface area (Å²) >= 11 is 5.92. The third-order valence-electron chi connectivity index (χ3n) is 2.52. The van der Waals surface area contributed by atoms with E-state index in [-0.39, 0.29) is 0 Å². The molecule has 0 spiro atoms. The molecule has 2 aromatic carbocycles. The van der Waals surface area contributed by atoms with E-state index < -0.39 is 0 Å². The minimum absolute atomic E-state index is 0.409. The lowest BCUT2D eigenvalue weighted by Gasteiger charge is -2.04. The summed E-state index contributed by atoms with van der Waals surface area (Å²) in [4.78, 5) is 0. The first-order chi connectivity index (χ1) is 9.29. The van der Waals surface area contributed by atoms with Crippen LogP contribution >= 0.6 is 11.6 Å². The topological polar surface area (TPSA) is 33.0 Å². The standard InChI is InChI=1S/C16H12ClNO/c17-16-11-15(9-8-14(16)12-18)19-10-4-7-13-5-2-1-3-6-13/h1-9,11H,10H2. The quantitative estimate of drug-likeness (QED) is 0.829. The Balaban J connectivity index is 1.91. The molecule has 2 nitrogen and oxygen atoms in total. The van der Waals surface area contributed by atoms with Crippen molar-refractivity contribution >= 4 is 17.7 Å². The number of benzene rings is 2. The molecule has 0 saturated heterocycles. The lowest BCUT2D eigenvalue weighted by molar-refractivity contribution is 0.363. The summed E-state index contributed by atoms with van der Waals surface area (Å²) < 4.78 is 5.53. The van der Waals surface area contributed by atoms with Crippen molar-refractivity contribution in [2.45, 2.75) is 0 Å². The summed E-state index contributed by atoms with van der Waals surface area (Å²) in [6.07, 6.45) is 3.92. The van der Waals surface area contributed by atoms with Crippen molar-refractivity contribution in [1.29, 1.82) is 5.26 Å². The summed E-state index contributed by atoms with van der Waals surface area (Å²) in [6, 6.07) is 17.0. The second-order valence-electron chi connectivity index (χ2n) is 3.88. The average molecular weight is 270 g/mol. The summed E-state index contributed by atoms with van der Waals surface area (Å²) in [5.41, 5.74) is 1.58. The van der Waals surface area contributed by atoms with Crippen LogP contribution < -0.4 is 4.74 Å². The zero-order valence-corrected chi connectivity index (χ0v) is 11.0. The lowest BCUT2D eigenvalue weighted by Crippen LogP contribution is -1.93. The molecule has 2 rings (SSSR count). The van der Waals surface area contributed by atoms with Gasteiger partial charge in [-0.2, -0.15) is 5.26 Å². The molecule has 0 aliphatic carbocycles. The number of hydrogen-bond donors (Lipinski definition) is 0. The number of ether oxygens (including phenoxy) is 1. The zero-order chi connectivity index (χ0) is 13.5. The van der Waals surface area contributed by atoms with Crippen LogP contribution in [0.5, 0.6) is 5.75 Å². The van der Waals surface area contributed by atoms with Crippen LogP contribution in [0.25, 0.3) is 6.08 Å². The summed E-state index contributed by atoms with van der Waals surface area (Å²) in [7, 11) is 0. The van der Waals surface area contributed by atoms with Gasteiger partial charge in [0.1, 0.15) is 18.4 Å². The van der Waals surface area contributed by atoms with E-state index in [0.717, 1.165) is 5.56 Å². The SMILES string of the molecule is N#Cc1ccc(OCC=Cc2ccccc2)cc1Cl. The van der Waals surface area contributed by atoms with Crippen molar-refractivity contribution < 1.29 is 4.74 Å². The molecular formula is C16H12ClNO. The molecule has 0 aliphatic rings. The van der Waals surface area contributed by atoms with Gasteiger partial charge in [0.05, 0.1) is 10.6 Å². The first-order valence-corrected chi connectivity index (χ1v) is 6.21. The second-order valence-corrected chi connectivity index (χ2v) is 4.28. The fourth-order valence-corrected chi connectivity index (χ4v) is 1.78. The van der Waals surface area contributed by atoms with Crippen molar-refractivity contribution in [3.8, 4) is 11.8 Å². The van der Waals surface area contributed by atoms with Crippen molar-refractivity contribution in [3.05, 3.63) is 70.8 Å². The molecule has 94 valence electrons. The van der Waals surface area contributed by atoms with E-state index in [1.54, 1.807) is 18.2 Å². The highest BCUT2D eigenvalue weighted by molar-refractivity contribution is 6.31. The van der Waals surface area contributed by atoms with Crippen LogP contribution in [-0.4, -0.2) is 6.61 Å². The Kier molecular flexibility index (Phi) is 4.60. The van der Waals surface area contributed by atoms with Gasteiger partial charge < -0.3 is 4.74 Å². The predicted molar refractivity (Wildman–Crippen MR) is 77.1 cm³/mol. The van der Waals surface area contributed by atoms with Crippen LogP contribution in [0.3, 0.4) is 0 Å². The molecule has 0 saturated carbocycles. The monoisotopic (exact) mass is 269 g/mol. The number of rotatable bonds is 4. The van der Waals surface area contributed by atoms with Gasteiger partial charge in [0.25, 0.3) is 0 Å². The largest absolute Gasteiger partial charge is 0.489 e. The van der Waals surface area contributed by atoms with Crippen LogP contribution in [0.4, 0.5) is 0 Å². The zero-order valence-electron chi connectivity index (χ0n) is 10.2. The summed E-state index contributed by atoms with van der Waals surface area (Å²) in [5.74, 6) is 0.654. The molecule has 0 amide bonds. The molecule has 0 unspecified atom stereocenters. The summed E-state index contributed by atoms with van der Waals surface area (Å²) in [5, 5.41) is 9.17. The van der Waals surface area contributed by atoms with E-state index in [4.69, 9.17) is 21.6 Å². The normalized spacial score (nSPS) is 10.3. The number of nitrogens with zero attached hydrogens (tertiary/aromatic N) is 1. The van der Waals surface area contributed by atoms with Gasteiger partial charge in [-0.15, -0.1) is 0 Å². The highest BCUT2D eigenvalue weighted by Gasteiger charge is 2.00. The molecule has 0 fully saturated rings. The van der Waals surface area contributed by atoms with Gasteiger partial charge in [-0.25, -0.2) is 0 Å². The minimum Gasteiger partial charge on any atom is -0.489 e. The van der Waals surface area contributed by atoms with Gasteiger partial charge in [0, 0.05) is 6.07 Å². The first-order valence-electron chi connectivity index (χ1n) is 5.83. The third-order valence-corrected chi connectivity index (χ3v) is 2.83. The Morgan fingerprint density at radius 1 is 1.16 bits per heavy atom. The predicted octanol–water partition coefficient (Wildman–Crippen LogP) is 4.30. The first kappa shape index (κ1) is 13.2. The summed E-state index contributed by atoms with van der Waals surface area (Å²) in [6.45, 7) is 0.455. The van der Waals surface area contributed by atoms with Crippen molar-refractivity contribution in [2.75, 3.05) is 6.61 Å². The van der Waals surface area contributed by atoms with E-state index in [2.05, 4.69) is 0 Å². The molecule has 0 aromatic heterocycles. The minimum atomic E-state index is 0.409. The van der Waals surface area contributed by atoms with E-state index in [9.17, 15) is 0 Å². The maximum Gasteiger partial charge on any atom is 0.121 e. The molecule has 2 aromatic rings. The van der Waals surface area contributed by atoms with Gasteiger partial charge in [0.2, 0.25) is 0 Å². The average Bonchev–Trinajstić information content (AvgIpc) is 2.45.